The Kier molecular flexibility index (Phi) is 3.86. The molecule has 1 aliphatic carbocycles. The smallest absolute Gasteiger partial charge is 0.124 e. The van der Waals surface area contributed by atoms with Gasteiger partial charge in [-0.25, -0.2) is 0 Å². The molecule has 19 heavy (non-hydrogen) atoms. The van der Waals surface area contributed by atoms with E-state index in [1.165, 1.54) is 25.7 Å². The minimum absolute atomic E-state index is 0.116. The second kappa shape index (κ2) is 5.45. The molecule has 0 aromatic heterocycles. The lowest BCUT2D eigenvalue weighted by Crippen LogP contribution is -2.36. The summed E-state index contributed by atoms with van der Waals surface area (Å²) in [6.07, 6.45) is 6.55. The van der Waals surface area contributed by atoms with Crippen molar-refractivity contribution in [2.75, 3.05) is 0 Å². The topological polar surface area (TPSA) is 35.2 Å². The summed E-state index contributed by atoms with van der Waals surface area (Å²) in [7, 11) is 0. The number of fused-ring (bicyclic) bond motifs is 1. The zero-order valence-electron chi connectivity index (χ0n) is 11.4. The number of nitrogens with two attached hydrogens (primary N) is 1. The minimum atomic E-state index is 0.116. The summed E-state index contributed by atoms with van der Waals surface area (Å²) in [5.74, 6) is 2.57. The Hall–Kier alpha value is -0.540. The SMILES string of the molecule is CC1CCC(C2C[C@H](N)c3cc(Br)ccc3O2)CC1. The highest BCUT2D eigenvalue weighted by Crippen LogP contribution is 2.41. The molecule has 0 amide bonds. The van der Waals surface area contributed by atoms with Crippen LogP contribution in [0.4, 0.5) is 0 Å². The zero-order chi connectivity index (χ0) is 13.4. The van der Waals surface area contributed by atoms with Gasteiger partial charge in [-0.1, -0.05) is 35.7 Å². The first-order valence-electron chi connectivity index (χ1n) is 7.35. The number of hydrogen-bond acceptors (Lipinski definition) is 2. The maximum absolute atomic E-state index is 6.34. The van der Waals surface area contributed by atoms with E-state index in [9.17, 15) is 0 Å². The van der Waals surface area contributed by atoms with E-state index in [4.69, 9.17) is 10.5 Å². The van der Waals surface area contributed by atoms with Gasteiger partial charge in [0.25, 0.3) is 0 Å². The summed E-state index contributed by atoms with van der Waals surface area (Å²) in [5.41, 5.74) is 7.49. The predicted molar refractivity (Wildman–Crippen MR) is 81.2 cm³/mol. The summed E-state index contributed by atoms with van der Waals surface area (Å²) in [6.45, 7) is 2.36. The van der Waals surface area contributed by atoms with E-state index in [1.54, 1.807) is 0 Å². The summed E-state index contributed by atoms with van der Waals surface area (Å²) in [6, 6.07) is 6.30. The fraction of sp³-hybridized carbons (Fsp3) is 0.625. The molecule has 0 bridgehead atoms. The predicted octanol–water partition coefficient (Wildman–Crippen LogP) is 4.43. The largest absolute Gasteiger partial charge is 0.490 e. The van der Waals surface area contributed by atoms with Crippen LogP contribution in [0, 0.1) is 11.8 Å². The Morgan fingerprint density at radius 2 is 1.95 bits per heavy atom. The first kappa shape index (κ1) is 13.4. The number of rotatable bonds is 1. The van der Waals surface area contributed by atoms with E-state index >= 15 is 0 Å². The zero-order valence-corrected chi connectivity index (χ0v) is 13.0. The molecule has 0 spiro atoms. The summed E-state index contributed by atoms with van der Waals surface area (Å²) in [4.78, 5) is 0. The van der Waals surface area contributed by atoms with Crippen molar-refractivity contribution in [1.29, 1.82) is 0 Å². The van der Waals surface area contributed by atoms with Crippen molar-refractivity contribution in [3.05, 3.63) is 28.2 Å². The Balaban J connectivity index is 1.75. The number of benzene rings is 1. The van der Waals surface area contributed by atoms with Crippen LogP contribution in [0.5, 0.6) is 5.75 Å². The van der Waals surface area contributed by atoms with Crippen LogP contribution in [0.2, 0.25) is 0 Å². The van der Waals surface area contributed by atoms with E-state index < -0.39 is 0 Å². The molecule has 0 radical (unpaired) electrons. The molecule has 1 heterocycles. The van der Waals surface area contributed by atoms with E-state index in [1.807, 2.05) is 6.07 Å². The molecule has 1 unspecified atom stereocenters. The van der Waals surface area contributed by atoms with Gasteiger partial charge < -0.3 is 10.5 Å². The molecule has 1 aromatic rings. The number of hydrogen-bond donors (Lipinski definition) is 1. The van der Waals surface area contributed by atoms with E-state index in [-0.39, 0.29) is 6.04 Å². The summed E-state index contributed by atoms with van der Waals surface area (Å²) in [5, 5.41) is 0. The molecule has 1 aromatic carbocycles. The standard InChI is InChI=1S/C16H22BrNO/c1-10-2-4-11(5-3-10)16-9-14(18)13-8-12(17)6-7-15(13)19-16/h6-8,10-11,14,16H,2-5,9,18H2,1H3/t10?,11?,14-,16?/m0/s1. The van der Waals surface area contributed by atoms with Gasteiger partial charge in [-0.3, -0.25) is 0 Å². The van der Waals surface area contributed by atoms with Gasteiger partial charge in [-0.05, 0) is 42.9 Å². The molecule has 1 fully saturated rings. The highest BCUT2D eigenvalue weighted by atomic mass is 79.9. The first-order chi connectivity index (χ1) is 9.13. The monoisotopic (exact) mass is 323 g/mol. The van der Waals surface area contributed by atoms with Crippen LogP contribution in [0.3, 0.4) is 0 Å². The van der Waals surface area contributed by atoms with Gasteiger partial charge >= 0.3 is 0 Å². The average Bonchev–Trinajstić information content (AvgIpc) is 2.40. The maximum Gasteiger partial charge on any atom is 0.124 e. The lowest BCUT2D eigenvalue weighted by molar-refractivity contribution is 0.0703. The molecule has 1 saturated carbocycles. The molecule has 3 rings (SSSR count). The average molecular weight is 324 g/mol. The van der Waals surface area contributed by atoms with Crippen LogP contribution < -0.4 is 10.5 Å². The van der Waals surface area contributed by atoms with Gasteiger partial charge in [-0.15, -0.1) is 0 Å². The lowest BCUT2D eigenvalue weighted by atomic mass is 9.77. The van der Waals surface area contributed by atoms with Gasteiger partial charge in [0.15, 0.2) is 0 Å². The molecule has 2 aliphatic rings. The van der Waals surface area contributed by atoms with Crippen LogP contribution in [0.1, 0.15) is 50.6 Å². The maximum atomic E-state index is 6.34. The van der Waals surface area contributed by atoms with Crippen molar-refractivity contribution in [2.24, 2.45) is 17.6 Å². The van der Waals surface area contributed by atoms with Crippen molar-refractivity contribution in [3.8, 4) is 5.75 Å². The Morgan fingerprint density at radius 1 is 1.21 bits per heavy atom. The minimum Gasteiger partial charge on any atom is -0.490 e. The molecular formula is C16H22BrNO. The summed E-state index contributed by atoms with van der Waals surface area (Å²) < 4.78 is 7.31. The molecule has 2 N–H and O–H groups in total. The Morgan fingerprint density at radius 3 is 2.68 bits per heavy atom. The highest BCUT2D eigenvalue weighted by Gasteiger charge is 2.33. The molecule has 0 saturated heterocycles. The molecule has 2 nitrogen and oxygen atoms in total. The lowest BCUT2D eigenvalue weighted by Gasteiger charge is -2.38. The first-order valence-corrected chi connectivity index (χ1v) is 8.14. The van der Waals surface area contributed by atoms with E-state index in [0.717, 1.165) is 28.1 Å². The molecule has 104 valence electrons. The molecule has 2 atom stereocenters. The highest BCUT2D eigenvalue weighted by molar-refractivity contribution is 9.10. The van der Waals surface area contributed by atoms with E-state index in [2.05, 4.69) is 35.0 Å². The fourth-order valence-corrected chi connectivity index (χ4v) is 3.83. The van der Waals surface area contributed by atoms with Crippen LogP contribution >= 0.6 is 15.9 Å². The van der Waals surface area contributed by atoms with Crippen LogP contribution in [-0.4, -0.2) is 6.10 Å². The third-order valence-corrected chi connectivity index (χ3v) is 5.22. The van der Waals surface area contributed by atoms with Gasteiger partial charge in [0.2, 0.25) is 0 Å². The van der Waals surface area contributed by atoms with Crippen molar-refractivity contribution in [1.82, 2.24) is 0 Å². The van der Waals surface area contributed by atoms with Crippen LogP contribution in [-0.2, 0) is 0 Å². The second-order valence-electron chi connectivity index (χ2n) is 6.20. The van der Waals surface area contributed by atoms with Crippen molar-refractivity contribution < 1.29 is 4.74 Å². The van der Waals surface area contributed by atoms with Gasteiger partial charge in [0.05, 0.1) is 0 Å². The Bertz CT molecular complexity index is 454. The van der Waals surface area contributed by atoms with Crippen LogP contribution in [0.15, 0.2) is 22.7 Å². The number of ether oxygens (including phenoxy) is 1. The van der Waals surface area contributed by atoms with Gasteiger partial charge in [0.1, 0.15) is 11.9 Å². The molecular weight excluding hydrogens is 302 g/mol. The van der Waals surface area contributed by atoms with Crippen molar-refractivity contribution in [3.63, 3.8) is 0 Å². The van der Waals surface area contributed by atoms with Gasteiger partial charge in [-0.2, -0.15) is 0 Å². The third kappa shape index (κ3) is 2.82. The van der Waals surface area contributed by atoms with Crippen LogP contribution in [0.25, 0.3) is 0 Å². The second-order valence-corrected chi connectivity index (χ2v) is 7.12. The third-order valence-electron chi connectivity index (χ3n) is 4.72. The Labute approximate surface area is 123 Å². The van der Waals surface area contributed by atoms with E-state index in [0.29, 0.717) is 12.0 Å². The quantitative estimate of drug-likeness (QED) is 0.829. The normalized spacial score (nSPS) is 34.5. The van der Waals surface area contributed by atoms with Gasteiger partial charge in [0, 0.05) is 22.5 Å². The summed E-state index contributed by atoms with van der Waals surface area (Å²) >= 11 is 3.51. The molecule has 3 heteroatoms. The molecule has 1 aliphatic heterocycles. The van der Waals surface area contributed by atoms with Crippen molar-refractivity contribution >= 4 is 15.9 Å². The van der Waals surface area contributed by atoms with Crippen molar-refractivity contribution in [2.45, 2.75) is 51.2 Å². The number of halogens is 1. The fourth-order valence-electron chi connectivity index (χ4n) is 3.45.